The SMILES string of the molecule is CN1C(=O)[C@@](CCC2CCCCC2)(C[C@H]2CCC[C@@H](NCc3ccccn3)C2)N=C1N. The van der Waals surface area contributed by atoms with Gasteiger partial charge in [0.15, 0.2) is 5.96 Å². The maximum atomic E-state index is 13.3. The highest BCUT2D eigenvalue weighted by molar-refractivity contribution is 6.06. The van der Waals surface area contributed by atoms with Gasteiger partial charge in [-0.2, -0.15) is 0 Å². The van der Waals surface area contributed by atoms with Crippen LogP contribution in [-0.2, 0) is 11.3 Å². The molecular formula is C25H39N5O. The number of hydrogen-bond acceptors (Lipinski definition) is 5. The molecule has 0 unspecified atom stereocenters. The number of likely N-dealkylation sites (N-methyl/N-ethyl adjacent to an activating group) is 1. The highest BCUT2D eigenvalue weighted by Crippen LogP contribution is 2.40. The topological polar surface area (TPSA) is 83.6 Å². The fraction of sp³-hybridized carbons (Fsp3) is 0.720. The number of pyridine rings is 1. The van der Waals surface area contributed by atoms with Gasteiger partial charge in [-0.05, 0) is 56.1 Å². The normalized spacial score (nSPS) is 29.9. The summed E-state index contributed by atoms with van der Waals surface area (Å²) in [5, 5.41) is 3.70. The van der Waals surface area contributed by atoms with Crippen LogP contribution >= 0.6 is 0 Å². The zero-order chi connectivity index (χ0) is 21.7. The smallest absolute Gasteiger partial charge is 0.257 e. The van der Waals surface area contributed by atoms with Crippen molar-refractivity contribution in [1.82, 2.24) is 15.2 Å². The van der Waals surface area contributed by atoms with Gasteiger partial charge in [-0.1, -0.05) is 51.0 Å². The first kappa shape index (κ1) is 22.3. The molecule has 0 aromatic carbocycles. The van der Waals surface area contributed by atoms with Crippen LogP contribution < -0.4 is 11.1 Å². The molecule has 1 aromatic rings. The van der Waals surface area contributed by atoms with E-state index in [4.69, 9.17) is 10.7 Å². The summed E-state index contributed by atoms with van der Waals surface area (Å²) >= 11 is 0. The number of rotatable bonds is 8. The average molecular weight is 426 g/mol. The van der Waals surface area contributed by atoms with E-state index in [9.17, 15) is 4.79 Å². The van der Waals surface area contributed by atoms with Crippen molar-refractivity contribution >= 4 is 11.9 Å². The Kier molecular flexibility index (Phi) is 7.26. The van der Waals surface area contributed by atoms with Gasteiger partial charge in [-0.3, -0.25) is 14.7 Å². The van der Waals surface area contributed by atoms with Crippen molar-refractivity contribution in [2.75, 3.05) is 7.05 Å². The van der Waals surface area contributed by atoms with E-state index < -0.39 is 5.54 Å². The van der Waals surface area contributed by atoms with Crippen molar-refractivity contribution in [3.63, 3.8) is 0 Å². The van der Waals surface area contributed by atoms with E-state index in [-0.39, 0.29) is 5.91 Å². The first-order valence-electron chi connectivity index (χ1n) is 12.3. The Morgan fingerprint density at radius 3 is 2.65 bits per heavy atom. The summed E-state index contributed by atoms with van der Waals surface area (Å²) in [6.45, 7) is 0.803. The van der Waals surface area contributed by atoms with Crippen LogP contribution in [0.25, 0.3) is 0 Å². The fourth-order valence-corrected chi connectivity index (χ4v) is 5.97. The minimum atomic E-state index is -0.635. The average Bonchev–Trinajstić information content (AvgIpc) is 3.01. The lowest BCUT2D eigenvalue weighted by molar-refractivity contribution is -0.131. The third-order valence-electron chi connectivity index (χ3n) is 7.77. The molecule has 6 nitrogen and oxygen atoms in total. The molecule has 2 fully saturated rings. The number of aliphatic imine (C=N–C) groups is 1. The Balaban J connectivity index is 1.38. The maximum Gasteiger partial charge on any atom is 0.257 e. The first-order chi connectivity index (χ1) is 15.1. The zero-order valence-corrected chi connectivity index (χ0v) is 19.1. The first-order valence-corrected chi connectivity index (χ1v) is 12.3. The second-order valence-electron chi connectivity index (χ2n) is 10.0. The van der Waals surface area contributed by atoms with Gasteiger partial charge in [-0.15, -0.1) is 0 Å². The summed E-state index contributed by atoms with van der Waals surface area (Å²) in [4.78, 5) is 24.1. The maximum absolute atomic E-state index is 13.3. The van der Waals surface area contributed by atoms with Crippen LogP contribution in [0.4, 0.5) is 0 Å². The largest absolute Gasteiger partial charge is 0.369 e. The third-order valence-corrected chi connectivity index (χ3v) is 7.77. The summed E-state index contributed by atoms with van der Waals surface area (Å²) in [6, 6.07) is 6.54. The van der Waals surface area contributed by atoms with Crippen molar-refractivity contribution in [3.8, 4) is 0 Å². The molecule has 2 aliphatic carbocycles. The molecule has 1 amide bonds. The van der Waals surface area contributed by atoms with Crippen molar-refractivity contribution in [1.29, 1.82) is 0 Å². The highest BCUT2D eigenvalue weighted by Gasteiger charge is 2.47. The second kappa shape index (κ2) is 10.1. The lowest BCUT2D eigenvalue weighted by Gasteiger charge is -2.35. The number of aromatic nitrogens is 1. The van der Waals surface area contributed by atoms with Crippen LogP contribution in [0.3, 0.4) is 0 Å². The lowest BCUT2D eigenvalue weighted by Crippen LogP contribution is -2.44. The van der Waals surface area contributed by atoms with Gasteiger partial charge in [0.2, 0.25) is 0 Å². The van der Waals surface area contributed by atoms with Gasteiger partial charge < -0.3 is 11.1 Å². The van der Waals surface area contributed by atoms with Crippen LogP contribution in [0.1, 0.15) is 82.7 Å². The number of carbonyl (C=O) groups is 1. The number of carbonyl (C=O) groups excluding carboxylic acids is 1. The number of guanidine groups is 1. The molecule has 170 valence electrons. The van der Waals surface area contributed by atoms with E-state index in [2.05, 4.69) is 16.4 Å². The molecule has 1 aliphatic heterocycles. The molecule has 3 atom stereocenters. The van der Waals surface area contributed by atoms with E-state index in [0.29, 0.717) is 17.9 Å². The predicted octanol–water partition coefficient (Wildman–Crippen LogP) is 4.01. The van der Waals surface area contributed by atoms with Crippen LogP contribution in [-0.4, -0.2) is 40.4 Å². The Hall–Kier alpha value is -1.95. The molecule has 2 heterocycles. The van der Waals surface area contributed by atoms with E-state index in [1.165, 1.54) is 51.4 Å². The minimum Gasteiger partial charge on any atom is -0.369 e. The molecule has 1 aromatic heterocycles. The molecule has 31 heavy (non-hydrogen) atoms. The number of amides is 1. The summed E-state index contributed by atoms with van der Waals surface area (Å²) in [5.74, 6) is 1.77. The molecule has 6 heteroatoms. The molecule has 0 saturated heterocycles. The quantitative estimate of drug-likeness (QED) is 0.659. The Morgan fingerprint density at radius 2 is 1.94 bits per heavy atom. The molecule has 3 N–H and O–H groups in total. The van der Waals surface area contributed by atoms with E-state index >= 15 is 0 Å². The summed E-state index contributed by atoms with van der Waals surface area (Å²) in [5.41, 5.74) is 6.58. The van der Waals surface area contributed by atoms with Crippen molar-refractivity contribution in [2.24, 2.45) is 22.6 Å². The standard InChI is InChI=1S/C25H39N5O/c1-30-23(31)25(29-24(30)26,14-13-19-8-3-2-4-9-19)17-20-10-7-12-21(16-20)28-18-22-11-5-6-15-27-22/h5-6,11,15,19-21,28H,2-4,7-10,12-14,16-18H2,1H3,(H2,26,29)/t20-,21+,25+/m0/s1. The van der Waals surface area contributed by atoms with Crippen molar-refractivity contribution in [3.05, 3.63) is 30.1 Å². The molecule has 0 radical (unpaired) electrons. The zero-order valence-electron chi connectivity index (χ0n) is 19.1. The monoisotopic (exact) mass is 425 g/mol. The van der Waals surface area contributed by atoms with Crippen LogP contribution in [0, 0.1) is 11.8 Å². The van der Waals surface area contributed by atoms with Gasteiger partial charge in [0.25, 0.3) is 5.91 Å². The van der Waals surface area contributed by atoms with E-state index in [1.807, 2.05) is 18.3 Å². The van der Waals surface area contributed by atoms with E-state index in [0.717, 1.165) is 43.8 Å². The van der Waals surface area contributed by atoms with Crippen molar-refractivity contribution in [2.45, 2.75) is 95.2 Å². The van der Waals surface area contributed by atoms with Gasteiger partial charge in [0.05, 0.1) is 5.69 Å². The van der Waals surface area contributed by atoms with Gasteiger partial charge in [-0.25, -0.2) is 4.99 Å². The van der Waals surface area contributed by atoms with Crippen LogP contribution in [0.5, 0.6) is 0 Å². The van der Waals surface area contributed by atoms with E-state index in [1.54, 1.807) is 11.9 Å². The van der Waals surface area contributed by atoms with Crippen LogP contribution in [0.2, 0.25) is 0 Å². The summed E-state index contributed by atoms with van der Waals surface area (Å²) < 4.78 is 0. The van der Waals surface area contributed by atoms with Crippen LogP contribution in [0.15, 0.2) is 29.4 Å². The number of nitrogens with two attached hydrogens (primary N) is 1. The number of nitrogens with one attached hydrogen (secondary N) is 1. The summed E-state index contributed by atoms with van der Waals surface area (Å²) in [7, 11) is 1.78. The Labute approximate surface area is 187 Å². The van der Waals surface area contributed by atoms with Crippen molar-refractivity contribution < 1.29 is 4.79 Å². The minimum absolute atomic E-state index is 0.115. The summed E-state index contributed by atoms with van der Waals surface area (Å²) in [6.07, 6.45) is 16.0. The second-order valence-corrected chi connectivity index (χ2v) is 10.0. The molecular weight excluding hydrogens is 386 g/mol. The molecule has 0 spiro atoms. The third kappa shape index (κ3) is 5.46. The Bertz CT molecular complexity index is 760. The molecule has 0 bridgehead atoms. The highest BCUT2D eigenvalue weighted by atomic mass is 16.2. The number of nitrogens with zero attached hydrogens (tertiary/aromatic N) is 3. The van der Waals surface area contributed by atoms with Gasteiger partial charge >= 0.3 is 0 Å². The lowest BCUT2D eigenvalue weighted by atomic mass is 9.74. The number of hydrogen-bond donors (Lipinski definition) is 2. The molecule has 2 saturated carbocycles. The predicted molar refractivity (Wildman–Crippen MR) is 124 cm³/mol. The molecule has 3 aliphatic rings. The Morgan fingerprint density at radius 1 is 1.13 bits per heavy atom. The van der Waals surface area contributed by atoms with Gasteiger partial charge in [0, 0.05) is 25.8 Å². The fourth-order valence-electron chi connectivity index (χ4n) is 5.97. The molecule has 4 rings (SSSR count). The van der Waals surface area contributed by atoms with Gasteiger partial charge in [0.1, 0.15) is 5.54 Å².